The molecule has 3 aliphatic carbocycles. The quantitative estimate of drug-likeness (QED) is 0.257. The summed E-state index contributed by atoms with van der Waals surface area (Å²) >= 11 is 0. The molecule has 286 valence electrons. The number of benzene rings is 2. The summed E-state index contributed by atoms with van der Waals surface area (Å²) in [7, 11) is 0. The summed E-state index contributed by atoms with van der Waals surface area (Å²) in [5, 5.41) is 10.4. The number of aldehydes is 1. The third kappa shape index (κ3) is 6.65. The normalized spacial score (nSPS) is 20.5. The molecule has 1 N–H and O–H groups in total. The minimum absolute atomic E-state index is 0. The van der Waals surface area contributed by atoms with Crippen molar-refractivity contribution in [3.05, 3.63) is 118 Å². The van der Waals surface area contributed by atoms with Crippen LogP contribution in [-0.2, 0) is 22.4 Å². The molecule has 2 aromatic carbocycles. The van der Waals surface area contributed by atoms with Gasteiger partial charge >= 0.3 is 0 Å². The fourth-order valence-electron chi connectivity index (χ4n) is 8.52. The Hall–Kier alpha value is -5.75. The number of allylic oxidation sites excluding steroid dienone is 2. The average molecular weight is 751 g/mol. The van der Waals surface area contributed by atoms with Gasteiger partial charge in [0.25, 0.3) is 0 Å². The highest BCUT2D eigenvalue weighted by molar-refractivity contribution is 6.07. The maximum absolute atomic E-state index is 12.8. The predicted molar refractivity (Wildman–Crippen MR) is 213 cm³/mol. The van der Waals surface area contributed by atoms with Crippen molar-refractivity contribution in [3.8, 4) is 0 Å². The third-order valence-corrected chi connectivity index (χ3v) is 11.9. The van der Waals surface area contributed by atoms with Gasteiger partial charge in [-0.15, -0.1) is 0 Å². The zero-order chi connectivity index (χ0) is 37.2. The van der Waals surface area contributed by atoms with Gasteiger partial charge in [-0.05, 0) is 91.4 Å². The van der Waals surface area contributed by atoms with Crippen LogP contribution in [0.1, 0.15) is 113 Å². The van der Waals surface area contributed by atoms with Gasteiger partial charge in [0.15, 0.2) is 6.29 Å². The number of aromatic nitrogens is 4. The number of hydrogen-bond acceptors (Lipinski definition) is 8. The standard InChI is InChI=1S/C23H24N4O2.C20H18N4O2.CH4/c28-22-11-24-21(26-12-19(25-13-26)23(29)15-6-7-15)10-20-18-3-1-2-16(14-4-5-14)17(18)8-9-27(20)22;25-11-14-10-23(12-22-14)19-8-18-17-3-1-2-15(13-4-5-13)16(17)6-7-24(18)20(26)9-21-19;/h1-3,10,12-15,23,29H,4-9,11H2;1-3,8,10-13H,4-7,9H2;1H4. The molecule has 7 aliphatic rings. The minimum Gasteiger partial charge on any atom is -0.386 e. The fraction of sp³-hybridized carbons (Fsp3) is 0.386. The van der Waals surface area contributed by atoms with E-state index < -0.39 is 6.10 Å². The van der Waals surface area contributed by atoms with Crippen LogP contribution in [0.4, 0.5) is 0 Å². The number of rotatable bonds is 5. The van der Waals surface area contributed by atoms with E-state index in [2.05, 4.69) is 56.4 Å². The zero-order valence-corrected chi connectivity index (χ0v) is 30.5. The molecule has 0 spiro atoms. The molecular weight excluding hydrogens is 705 g/mol. The number of carbonyl (C=O) groups excluding carboxylic acids is 3. The van der Waals surface area contributed by atoms with Gasteiger partial charge in [-0.1, -0.05) is 43.8 Å². The largest absolute Gasteiger partial charge is 0.386 e. The zero-order valence-electron chi connectivity index (χ0n) is 30.5. The number of fused-ring (bicyclic) bond motifs is 6. The molecule has 3 fully saturated rings. The lowest BCUT2D eigenvalue weighted by Gasteiger charge is -2.32. The summed E-state index contributed by atoms with van der Waals surface area (Å²) in [5.41, 5.74) is 10.8. The van der Waals surface area contributed by atoms with Crippen molar-refractivity contribution in [2.24, 2.45) is 15.9 Å². The first-order chi connectivity index (χ1) is 26.9. The second-order valence-electron chi connectivity index (χ2n) is 15.6. The van der Waals surface area contributed by atoms with Crippen molar-refractivity contribution in [2.45, 2.75) is 76.7 Å². The predicted octanol–water partition coefficient (Wildman–Crippen LogP) is 5.79. The monoisotopic (exact) mass is 750 g/mol. The van der Waals surface area contributed by atoms with Crippen LogP contribution in [0.5, 0.6) is 0 Å². The molecule has 2 aromatic heterocycles. The Labute approximate surface area is 326 Å². The minimum atomic E-state index is -0.509. The Morgan fingerprint density at radius 1 is 0.696 bits per heavy atom. The third-order valence-electron chi connectivity index (χ3n) is 11.9. The Bertz CT molecular complexity index is 2370. The molecule has 0 saturated heterocycles. The first-order valence-electron chi connectivity index (χ1n) is 19.5. The molecule has 0 radical (unpaired) electrons. The Morgan fingerprint density at radius 3 is 1.70 bits per heavy atom. The van der Waals surface area contributed by atoms with E-state index in [1.54, 1.807) is 23.4 Å². The Kier molecular flexibility index (Phi) is 9.23. The van der Waals surface area contributed by atoms with Crippen LogP contribution in [0.15, 0.2) is 83.6 Å². The van der Waals surface area contributed by atoms with E-state index in [1.165, 1.54) is 47.9 Å². The number of aliphatic imine (C=N–C) groups is 2. The SMILES string of the molecule is C.O=C1CN=C(n2cnc(C(O)C3CC3)c2)C=C2c3cccc(C4CC4)c3CCN12.O=Cc1cn(C2=NCC(=O)N3CCc4c(cccc4C4CC4)C3=C2)cn1. The summed E-state index contributed by atoms with van der Waals surface area (Å²) in [4.78, 5) is 57.5. The van der Waals surface area contributed by atoms with Gasteiger partial charge < -0.3 is 14.9 Å². The maximum atomic E-state index is 12.8. The van der Waals surface area contributed by atoms with Gasteiger partial charge in [0.05, 0.1) is 17.1 Å². The second-order valence-corrected chi connectivity index (χ2v) is 15.6. The second kappa shape index (κ2) is 14.4. The van der Waals surface area contributed by atoms with Crippen LogP contribution in [0.25, 0.3) is 11.4 Å². The molecule has 3 saturated carbocycles. The van der Waals surface area contributed by atoms with E-state index in [9.17, 15) is 19.5 Å². The summed E-state index contributed by atoms with van der Waals surface area (Å²) in [6.45, 7) is 1.63. The molecular formula is C44H46N8O4. The molecule has 56 heavy (non-hydrogen) atoms. The van der Waals surface area contributed by atoms with Crippen molar-refractivity contribution in [1.29, 1.82) is 0 Å². The molecule has 12 heteroatoms. The highest BCUT2D eigenvalue weighted by Crippen LogP contribution is 2.46. The lowest BCUT2D eigenvalue weighted by atomic mass is 9.90. The van der Waals surface area contributed by atoms with Gasteiger partial charge in [0, 0.05) is 48.8 Å². The number of aliphatic hydroxyl groups excluding tert-OH is 1. The summed E-state index contributed by atoms with van der Waals surface area (Å²) in [5.74, 6) is 3.05. The highest BCUT2D eigenvalue weighted by atomic mass is 16.3. The topological polar surface area (TPSA) is 138 Å². The van der Waals surface area contributed by atoms with Crippen molar-refractivity contribution in [2.75, 3.05) is 26.2 Å². The number of nitrogens with zero attached hydrogens (tertiary/aromatic N) is 8. The van der Waals surface area contributed by atoms with Crippen LogP contribution in [0, 0.1) is 5.92 Å². The number of imidazole rings is 2. The number of amides is 2. The lowest BCUT2D eigenvalue weighted by Crippen LogP contribution is -2.36. The number of aliphatic hydroxyl groups is 1. The molecule has 12 nitrogen and oxygen atoms in total. The first kappa shape index (κ1) is 35.9. The van der Waals surface area contributed by atoms with E-state index in [1.807, 2.05) is 32.7 Å². The van der Waals surface area contributed by atoms with Crippen molar-refractivity contribution in [1.82, 2.24) is 28.9 Å². The van der Waals surface area contributed by atoms with E-state index in [4.69, 9.17) is 0 Å². The lowest BCUT2D eigenvalue weighted by molar-refractivity contribution is -0.127. The summed E-state index contributed by atoms with van der Waals surface area (Å²) in [6.07, 6.45) is 19.9. The number of hydrogen-bond donors (Lipinski definition) is 1. The molecule has 0 bridgehead atoms. The van der Waals surface area contributed by atoms with E-state index in [0.717, 1.165) is 48.2 Å². The van der Waals surface area contributed by atoms with Gasteiger partial charge in [0.1, 0.15) is 49.2 Å². The van der Waals surface area contributed by atoms with Gasteiger partial charge in [-0.2, -0.15) is 0 Å². The molecule has 11 rings (SSSR count). The van der Waals surface area contributed by atoms with E-state index >= 15 is 0 Å². The first-order valence-corrected chi connectivity index (χ1v) is 19.5. The molecule has 6 heterocycles. The van der Waals surface area contributed by atoms with Crippen molar-refractivity contribution >= 4 is 41.2 Å². The van der Waals surface area contributed by atoms with Crippen LogP contribution < -0.4 is 0 Å². The van der Waals surface area contributed by atoms with Crippen molar-refractivity contribution < 1.29 is 19.5 Å². The maximum Gasteiger partial charge on any atom is 0.248 e. The molecule has 1 unspecified atom stereocenters. The Morgan fingerprint density at radius 2 is 1.21 bits per heavy atom. The summed E-state index contributed by atoms with van der Waals surface area (Å²) < 4.78 is 3.54. The van der Waals surface area contributed by atoms with Gasteiger partial charge in [0.2, 0.25) is 11.8 Å². The van der Waals surface area contributed by atoms with Crippen LogP contribution in [0.3, 0.4) is 0 Å². The molecule has 1 atom stereocenters. The van der Waals surface area contributed by atoms with Crippen molar-refractivity contribution in [3.63, 3.8) is 0 Å². The highest BCUT2D eigenvalue weighted by Gasteiger charge is 2.36. The smallest absolute Gasteiger partial charge is 0.248 e. The number of carbonyl (C=O) groups is 3. The molecule has 4 aromatic rings. The van der Waals surface area contributed by atoms with E-state index in [0.29, 0.717) is 60.2 Å². The molecule has 4 aliphatic heterocycles. The van der Waals surface area contributed by atoms with Crippen LogP contribution in [0.2, 0.25) is 0 Å². The van der Waals surface area contributed by atoms with Crippen LogP contribution in [-0.4, -0.2) is 90.0 Å². The average Bonchev–Trinajstić information content (AvgIpc) is 4.10. The Balaban J connectivity index is 0.000000145. The van der Waals surface area contributed by atoms with Gasteiger partial charge in [-0.3, -0.25) is 33.5 Å². The van der Waals surface area contributed by atoms with Crippen LogP contribution >= 0.6 is 0 Å². The fourth-order valence-corrected chi connectivity index (χ4v) is 8.52. The summed E-state index contributed by atoms with van der Waals surface area (Å²) in [6, 6.07) is 12.9. The van der Waals surface area contributed by atoms with E-state index in [-0.39, 0.29) is 32.3 Å². The molecule has 2 amide bonds. The van der Waals surface area contributed by atoms with Gasteiger partial charge in [-0.25, -0.2) is 9.97 Å².